The summed E-state index contributed by atoms with van der Waals surface area (Å²) in [6.45, 7) is -0.447. The second kappa shape index (κ2) is 10.2. The Morgan fingerprint density at radius 1 is 0.818 bits per heavy atom. The van der Waals surface area contributed by atoms with Crippen molar-refractivity contribution in [3.8, 4) is 0 Å². The van der Waals surface area contributed by atoms with Crippen LogP contribution < -0.4 is 0 Å². The summed E-state index contributed by atoms with van der Waals surface area (Å²) in [7, 11) is 0. The Kier molecular flexibility index (Phi) is 9.51. The Balaban J connectivity index is 4.48. The highest BCUT2D eigenvalue weighted by Gasteiger charge is 2.35. The van der Waals surface area contributed by atoms with Gasteiger partial charge in [0.15, 0.2) is 5.60 Å². The minimum absolute atomic E-state index is 0.276. The van der Waals surface area contributed by atoms with Crippen LogP contribution in [0.1, 0.15) is 25.7 Å². The number of ether oxygens (including phenoxy) is 2. The zero-order valence-corrected chi connectivity index (χ0v) is 13.1. The fourth-order valence-electron chi connectivity index (χ4n) is 1.19. The number of esters is 2. The van der Waals surface area contributed by atoms with E-state index in [0.717, 1.165) is 0 Å². The third kappa shape index (κ3) is 8.68. The topological polar surface area (TPSA) is 127 Å². The van der Waals surface area contributed by atoms with Crippen LogP contribution in [-0.4, -0.2) is 58.1 Å². The number of hydrogen-bond donors (Lipinski definition) is 2. The number of hydrogen-bond acceptors (Lipinski definition) is 6. The summed E-state index contributed by atoms with van der Waals surface area (Å²) in [5, 5.41) is 16.9. The SMILES string of the molecule is O=C(O)CCC(=O)OCC(CCl)(CCl)OC(=O)CCC(=O)O. The molecule has 0 spiro atoms. The fraction of sp³-hybridized carbons (Fsp3) is 0.667. The van der Waals surface area contributed by atoms with Gasteiger partial charge in [0.05, 0.1) is 37.4 Å². The van der Waals surface area contributed by atoms with Crippen molar-refractivity contribution in [3.63, 3.8) is 0 Å². The molecule has 0 aliphatic rings. The van der Waals surface area contributed by atoms with Crippen LogP contribution in [0.5, 0.6) is 0 Å². The molecule has 8 nitrogen and oxygen atoms in total. The van der Waals surface area contributed by atoms with Gasteiger partial charge in [-0.3, -0.25) is 19.2 Å². The Labute approximate surface area is 136 Å². The van der Waals surface area contributed by atoms with Crippen LogP contribution in [0.2, 0.25) is 0 Å². The summed E-state index contributed by atoms with van der Waals surface area (Å²) < 4.78 is 9.80. The first kappa shape index (κ1) is 20.5. The van der Waals surface area contributed by atoms with Gasteiger partial charge in [-0.15, -0.1) is 23.2 Å². The van der Waals surface area contributed by atoms with Crippen molar-refractivity contribution in [1.82, 2.24) is 0 Å². The lowest BCUT2D eigenvalue weighted by Crippen LogP contribution is -2.44. The zero-order valence-electron chi connectivity index (χ0n) is 11.5. The average Bonchev–Trinajstić information content (AvgIpc) is 2.47. The van der Waals surface area contributed by atoms with E-state index < -0.39 is 48.9 Å². The first-order valence-electron chi connectivity index (χ1n) is 6.17. The lowest BCUT2D eigenvalue weighted by atomic mass is 10.1. The quantitative estimate of drug-likeness (QED) is 0.413. The van der Waals surface area contributed by atoms with Crippen molar-refractivity contribution >= 4 is 47.1 Å². The van der Waals surface area contributed by atoms with E-state index in [0.29, 0.717) is 0 Å². The highest BCUT2D eigenvalue weighted by Crippen LogP contribution is 2.18. The summed E-state index contributed by atoms with van der Waals surface area (Å²) in [6.07, 6.45) is -1.54. The molecule has 0 aromatic heterocycles. The average molecular weight is 359 g/mol. The third-order valence-electron chi connectivity index (χ3n) is 2.40. The van der Waals surface area contributed by atoms with E-state index in [9.17, 15) is 19.2 Å². The van der Waals surface area contributed by atoms with Gasteiger partial charge in [-0.25, -0.2) is 0 Å². The molecule has 0 aliphatic heterocycles. The summed E-state index contributed by atoms with van der Waals surface area (Å²) in [4.78, 5) is 43.6. The highest BCUT2D eigenvalue weighted by atomic mass is 35.5. The van der Waals surface area contributed by atoms with E-state index in [4.69, 9.17) is 42.9 Å². The molecule has 0 aromatic rings. The monoisotopic (exact) mass is 358 g/mol. The Hall–Kier alpha value is -1.54. The van der Waals surface area contributed by atoms with E-state index in [1.165, 1.54) is 0 Å². The predicted octanol–water partition coefficient (Wildman–Crippen LogP) is 1.02. The first-order valence-corrected chi connectivity index (χ1v) is 7.24. The van der Waals surface area contributed by atoms with Crippen LogP contribution in [0.4, 0.5) is 0 Å². The van der Waals surface area contributed by atoms with Gasteiger partial charge in [-0.2, -0.15) is 0 Å². The fourth-order valence-corrected chi connectivity index (χ4v) is 1.74. The lowest BCUT2D eigenvalue weighted by molar-refractivity contribution is -0.168. The number of carboxylic acid groups (broad SMARTS) is 2. The van der Waals surface area contributed by atoms with Crippen LogP contribution in [0, 0.1) is 0 Å². The Morgan fingerprint density at radius 3 is 1.68 bits per heavy atom. The first-order chi connectivity index (χ1) is 10.2. The molecule has 0 radical (unpaired) electrons. The van der Waals surface area contributed by atoms with Gasteiger partial charge in [0.25, 0.3) is 0 Å². The van der Waals surface area contributed by atoms with Gasteiger partial charge in [-0.1, -0.05) is 0 Å². The molecule has 22 heavy (non-hydrogen) atoms. The van der Waals surface area contributed by atoms with Crippen molar-refractivity contribution in [1.29, 1.82) is 0 Å². The number of carbonyl (C=O) groups excluding carboxylic acids is 2. The van der Waals surface area contributed by atoms with Crippen LogP contribution in [0.15, 0.2) is 0 Å². The summed E-state index contributed by atoms with van der Waals surface area (Å²) in [5.41, 5.74) is -1.49. The standard InChI is InChI=1S/C12H16Cl2O8/c13-5-12(6-14,22-11(20)4-2-9(17)18)7-21-10(19)3-1-8(15)16/h1-7H2,(H,15,16)(H,17,18). The zero-order chi connectivity index (χ0) is 17.2. The summed E-state index contributed by atoms with van der Waals surface area (Å²) >= 11 is 11.4. The van der Waals surface area contributed by atoms with E-state index in [1.54, 1.807) is 0 Å². The van der Waals surface area contributed by atoms with Crippen molar-refractivity contribution in [2.75, 3.05) is 18.4 Å². The van der Waals surface area contributed by atoms with Gasteiger partial charge in [0.2, 0.25) is 0 Å². The highest BCUT2D eigenvalue weighted by molar-refractivity contribution is 6.22. The molecule has 0 fully saturated rings. The van der Waals surface area contributed by atoms with Gasteiger partial charge in [0.1, 0.15) is 6.61 Å². The number of alkyl halides is 2. The maximum atomic E-state index is 11.5. The Morgan fingerprint density at radius 2 is 1.27 bits per heavy atom. The third-order valence-corrected chi connectivity index (χ3v) is 3.37. The van der Waals surface area contributed by atoms with Gasteiger partial charge in [-0.05, 0) is 0 Å². The number of aliphatic carboxylic acids is 2. The van der Waals surface area contributed by atoms with Gasteiger partial charge in [0, 0.05) is 0 Å². The molecule has 0 saturated heterocycles. The molecule has 0 aliphatic carbocycles. The molecule has 0 rings (SSSR count). The van der Waals surface area contributed by atoms with Crippen molar-refractivity contribution in [2.24, 2.45) is 0 Å². The molecule has 0 saturated carbocycles. The molecule has 0 bridgehead atoms. The molecule has 126 valence electrons. The van der Waals surface area contributed by atoms with Gasteiger partial charge >= 0.3 is 23.9 Å². The van der Waals surface area contributed by atoms with E-state index in [-0.39, 0.29) is 24.6 Å². The molecule has 0 atom stereocenters. The number of rotatable bonds is 11. The minimum Gasteiger partial charge on any atom is -0.481 e. The maximum absolute atomic E-state index is 11.5. The van der Waals surface area contributed by atoms with Crippen LogP contribution in [-0.2, 0) is 28.7 Å². The normalized spacial score (nSPS) is 10.8. The molecular weight excluding hydrogens is 343 g/mol. The van der Waals surface area contributed by atoms with Crippen molar-refractivity contribution < 1.29 is 38.9 Å². The number of carboxylic acids is 2. The molecule has 10 heteroatoms. The van der Waals surface area contributed by atoms with Crippen LogP contribution in [0.3, 0.4) is 0 Å². The second-order valence-corrected chi connectivity index (χ2v) is 4.91. The molecular formula is C12H16Cl2O8. The number of carbonyl (C=O) groups is 4. The second-order valence-electron chi connectivity index (χ2n) is 4.37. The molecule has 0 heterocycles. The summed E-state index contributed by atoms with van der Waals surface area (Å²) in [5.74, 6) is -4.52. The molecule has 2 N–H and O–H groups in total. The van der Waals surface area contributed by atoms with Crippen LogP contribution in [0.25, 0.3) is 0 Å². The van der Waals surface area contributed by atoms with Gasteiger partial charge < -0.3 is 19.7 Å². The van der Waals surface area contributed by atoms with E-state index >= 15 is 0 Å². The lowest BCUT2D eigenvalue weighted by Gasteiger charge is -2.28. The van der Waals surface area contributed by atoms with E-state index in [1.807, 2.05) is 0 Å². The molecule has 0 aromatic carbocycles. The van der Waals surface area contributed by atoms with Crippen LogP contribution >= 0.6 is 23.2 Å². The molecule has 0 unspecified atom stereocenters. The van der Waals surface area contributed by atoms with Crippen molar-refractivity contribution in [3.05, 3.63) is 0 Å². The molecule has 0 amide bonds. The van der Waals surface area contributed by atoms with E-state index in [2.05, 4.69) is 0 Å². The maximum Gasteiger partial charge on any atom is 0.307 e. The smallest absolute Gasteiger partial charge is 0.307 e. The summed E-state index contributed by atoms with van der Waals surface area (Å²) in [6, 6.07) is 0. The Bertz CT molecular complexity index is 419. The largest absolute Gasteiger partial charge is 0.481 e. The minimum atomic E-state index is -1.49. The van der Waals surface area contributed by atoms with Crippen molar-refractivity contribution in [2.45, 2.75) is 31.3 Å². The number of halogens is 2. The predicted molar refractivity (Wildman–Crippen MR) is 75.0 cm³/mol.